The highest BCUT2D eigenvalue weighted by Crippen LogP contribution is 2.04. The Balaban J connectivity index is 0.000000166. The fourth-order valence-corrected chi connectivity index (χ4v) is 2.01. The van der Waals surface area contributed by atoms with Gasteiger partial charge in [0.2, 0.25) is 0 Å². The molecule has 4 aromatic heterocycles. The molecule has 0 spiro atoms. The standard InChI is InChI=1S/C12H12N2.2C5H5N/c1(11-3-7-13-8-4-11)2-12-5-9-14-10-6-12;2*1-2-4-6-5-3-1/h3-10H,1-2H2;2*1-5H. The van der Waals surface area contributed by atoms with Gasteiger partial charge in [0.1, 0.15) is 0 Å². The molecule has 0 aliphatic carbocycles. The molecular weight excluding hydrogens is 320 g/mol. The van der Waals surface area contributed by atoms with Gasteiger partial charge in [-0.15, -0.1) is 0 Å². The smallest absolute Gasteiger partial charge is 0.0270 e. The Labute approximate surface area is 154 Å². The van der Waals surface area contributed by atoms with E-state index >= 15 is 0 Å². The Hall–Kier alpha value is -3.40. The van der Waals surface area contributed by atoms with Crippen LogP contribution >= 0.6 is 0 Å². The summed E-state index contributed by atoms with van der Waals surface area (Å²) in [5.41, 5.74) is 2.66. The maximum atomic E-state index is 3.99. The van der Waals surface area contributed by atoms with Crippen LogP contribution in [0.4, 0.5) is 0 Å². The summed E-state index contributed by atoms with van der Waals surface area (Å²) in [5, 5.41) is 0. The fourth-order valence-electron chi connectivity index (χ4n) is 2.01. The highest BCUT2D eigenvalue weighted by molar-refractivity contribution is 5.15. The summed E-state index contributed by atoms with van der Waals surface area (Å²) < 4.78 is 0. The highest BCUT2D eigenvalue weighted by Gasteiger charge is 1.94. The molecule has 130 valence electrons. The molecule has 0 aliphatic rings. The number of pyridine rings is 4. The fraction of sp³-hybridized carbons (Fsp3) is 0.0909. The monoisotopic (exact) mass is 342 g/mol. The maximum absolute atomic E-state index is 3.99. The first-order chi connectivity index (χ1) is 12.9. The van der Waals surface area contributed by atoms with Crippen molar-refractivity contribution in [1.29, 1.82) is 0 Å². The van der Waals surface area contributed by atoms with Crippen LogP contribution in [0.3, 0.4) is 0 Å². The zero-order valence-corrected chi connectivity index (χ0v) is 14.6. The van der Waals surface area contributed by atoms with Crippen molar-refractivity contribution in [3.05, 3.63) is 121 Å². The van der Waals surface area contributed by atoms with Gasteiger partial charge in [0.15, 0.2) is 0 Å². The first-order valence-corrected chi connectivity index (χ1v) is 8.43. The number of aryl methyl sites for hydroxylation is 2. The van der Waals surface area contributed by atoms with Crippen LogP contribution in [-0.4, -0.2) is 19.9 Å². The Morgan fingerprint density at radius 3 is 0.923 bits per heavy atom. The van der Waals surface area contributed by atoms with E-state index in [9.17, 15) is 0 Å². The Kier molecular flexibility index (Phi) is 9.43. The van der Waals surface area contributed by atoms with Crippen molar-refractivity contribution in [3.63, 3.8) is 0 Å². The van der Waals surface area contributed by atoms with E-state index in [-0.39, 0.29) is 0 Å². The molecule has 0 fully saturated rings. The second-order valence-electron chi connectivity index (χ2n) is 5.26. The molecule has 0 unspecified atom stereocenters. The molecular formula is C22H22N4. The minimum Gasteiger partial charge on any atom is -0.265 e. The van der Waals surface area contributed by atoms with Gasteiger partial charge in [-0.25, -0.2) is 0 Å². The van der Waals surface area contributed by atoms with Crippen LogP contribution in [0.25, 0.3) is 0 Å². The molecule has 4 heteroatoms. The SMILES string of the molecule is c1cc(CCc2ccncc2)ccn1.c1ccncc1.c1ccncc1. The molecule has 4 aromatic rings. The molecule has 0 atom stereocenters. The van der Waals surface area contributed by atoms with Crippen molar-refractivity contribution in [2.24, 2.45) is 0 Å². The Morgan fingerprint density at radius 2 is 0.692 bits per heavy atom. The number of aromatic nitrogens is 4. The molecule has 0 bridgehead atoms. The molecule has 26 heavy (non-hydrogen) atoms. The maximum Gasteiger partial charge on any atom is 0.0270 e. The summed E-state index contributed by atoms with van der Waals surface area (Å²) in [5.74, 6) is 0. The van der Waals surface area contributed by atoms with Gasteiger partial charge in [0.25, 0.3) is 0 Å². The molecule has 0 aliphatic heterocycles. The van der Waals surface area contributed by atoms with E-state index in [1.54, 1.807) is 24.8 Å². The third kappa shape index (κ3) is 9.03. The van der Waals surface area contributed by atoms with Crippen molar-refractivity contribution in [1.82, 2.24) is 19.9 Å². The number of nitrogens with zero attached hydrogens (tertiary/aromatic N) is 4. The normalized spacial score (nSPS) is 9.08. The minimum absolute atomic E-state index is 1.06. The zero-order chi connectivity index (χ0) is 18.1. The second-order valence-corrected chi connectivity index (χ2v) is 5.26. The number of rotatable bonds is 3. The van der Waals surface area contributed by atoms with Gasteiger partial charge in [0.05, 0.1) is 0 Å². The van der Waals surface area contributed by atoms with Gasteiger partial charge in [-0.2, -0.15) is 0 Å². The third-order valence-corrected chi connectivity index (χ3v) is 3.33. The van der Waals surface area contributed by atoms with Crippen LogP contribution in [0.1, 0.15) is 11.1 Å². The van der Waals surface area contributed by atoms with Crippen LogP contribution in [0.2, 0.25) is 0 Å². The summed E-state index contributed by atoms with van der Waals surface area (Å²) in [6.45, 7) is 0. The molecule has 4 rings (SSSR count). The van der Waals surface area contributed by atoms with Crippen molar-refractivity contribution >= 4 is 0 Å². The van der Waals surface area contributed by atoms with Gasteiger partial charge >= 0.3 is 0 Å². The summed E-state index contributed by atoms with van der Waals surface area (Å²) in [7, 11) is 0. The lowest BCUT2D eigenvalue weighted by molar-refractivity contribution is 0.951. The lowest BCUT2D eigenvalue weighted by Crippen LogP contribution is -1.91. The van der Waals surface area contributed by atoms with Crippen LogP contribution in [0, 0.1) is 0 Å². The average molecular weight is 342 g/mol. The Bertz CT molecular complexity index is 654. The van der Waals surface area contributed by atoms with Crippen molar-refractivity contribution in [3.8, 4) is 0 Å². The summed E-state index contributed by atoms with van der Waals surface area (Å²) in [6.07, 6.45) is 16.5. The van der Waals surface area contributed by atoms with Crippen molar-refractivity contribution in [2.75, 3.05) is 0 Å². The molecule has 0 radical (unpaired) electrons. The van der Waals surface area contributed by atoms with E-state index in [4.69, 9.17) is 0 Å². The van der Waals surface area contributed by atoms with E-state index < -0.39 is 0 Å². The third-order valence-electron chi connectivity index (χ3n) is 3.33. The van der Waals surface area contributed by atoms with Crippen LogP contribution in [0.15, 0.2) is 110 Å². The van der Waals surface area contributed by atoms with Crippen molar-refractivity contribution in [2.45, 2.75) is 12.8 Å². The quantitative estimate of drug-likeness (QED) is 0.553. The molecule has 0 amide bonds. The molecule has 4 nitrogen and oxygen atoms in total. The van der Waals surface area contributed by atoms with Crippen LogP contribution in [0.5, 0.6) is 0 Å². The second kappa shape index (κ2) is 13.0. The van der Waals surface area contributed by atoms with Crippen LogP contribution < -0.4 is 0 Å². The van der Waals surface area contributed by atoms with E-state index in [1.165, 1.54) is 11.1 Å². The highest BCUT2D eigenvalue weighted by atomic mass is 14.6. The van der Waals surface area contributed by atoms with E-state index in [0.717, 1.165) is 12.8 Å². The Morgan fingerprint density at radius 1 is 0.385 bits per heavy atom. The van der Waals surface area contributed by atoms with Gasteiger partial charge in [-0.1, -0.05) is 12.1 Å². The molecule has 0 aromatic carbocycles. The van der Waals surface area contributed by atoms with E-state index in [0.29, 0.717) is 0 Å². The predicted octanol–water partition coefficient (Wildman–Crippen LogP) is 4.43. The molecule has 0 N–H and O–H groups in total. The summed E-state index contributed by atoms with van der Waals surface area (Å²) in [4.78, 5) is 15.6. The minimum atomic E-state index is 1.06. The number of hydrogen-bond acceptors (Lipinski definition) is 4. The van der Waals surface area contributed by atoms with E-state index in [2.05, 4.69) is 44.2 Å². The van der Waals surface area contributed by atoms with Crippen LogP contribution in [-0.2, 0) is 12.8 Å². The molecule has 0 saturated carbocycles. The predicted molar refractivity (Wildman–Crippen MR) is 104 cm³/mol. The molecule has 4 heterocycles. The summed E-state index contributed by atoms with van der Waals surface area (Å²) in [6, 6.07) is 19.7. The molecule has 0 saturated heterocycles. The van der Waals surface area contributed by atoms with Crippen molar-refractivity contribution < 1.29 is 0 Å². The summed E-state index contributed by atoms with van der Waals surface area (Å²) >= 11 is 0. The van der Waals surface area contributed by atoms with Gasteiger partial charge < -0.3 is 0 Å². The lowest BCUT2D eigenvalue weighted by atomic mass is 10.1. The van der Waals surface area contributed by atoms with Gasteiger partial charge in [-0.3, -0.25) is 19.9 Å². The van der Waals surface area contributed by atoms with Gasteiger partial charge in [-0.05, 0) is 72.5 Å². The van der Waals surface area contributed by atoms with E-state index in [1.807, 2.05) is 61.2 Å². The zero-order valence-electron chi connectivity index (χ0n) is 14.6. The first kappa shape index (κ1) is 18.9. The lowest BCUT2D eigenvalue weighted by Gasteiger charge is -2.00. The first-order valence-electron chi connectivity index (χ1n) is 8.43. The number of hydrogen-bond donors (Lipinski definition) is 0. The average Bonchev–Trinajstić information content (AvgIpc) is 2.77. The largest absolute Gasteiger partial charge is 0.265 e. The van der Waals surface area contributed by atoms with Gasteiger partial charge in [0, 0.05) is 49.6 Å². The topological polar surface area (TPSA) is 51.6 Å².